The van der Waals surface area contributed by atoms with E-state index in [1.807, 2.05) is 12.1 Å². The SMILES string of the molecule is CC(C)c1ccc(C[C@]2(C)Cc3cc(CCC(=O)N(CC(=O)O)Cc4cccc(F)c4)ccc3O2)cc1. The van der Waals surface area contributed by atoms with E-state index in [-0.39, 0.29) is 24.5 Å². The Hall–Kier alpha value is -3.67. The van der Waals surface area contributed by atoms with Gasteiger partial charge in [0.25, 0.3) is 0 Å². The summed E-state index contributed by atoms with van der Waals surface area (Å²) >= 11 is 0. The number of carboxylic acids is 1. The Morgan fingerprint density at radius 3 is 2.43 bits per heavy atom. The van der Waals surface area contributed by atoms with Crippen molar-refractivity contribution in [2.45, 2.75) is 64.5 Å². The van der Waals surface area contributed by atoms with Crippen molar-refractivity contribution in [2.24, 2.45) is 0 Å². The second-order valence-corrected chi connectivity index (χ2v) is 10.5. The number of ether oxygens (including phenoxy) is 1. The average molecular weight is 504 g/mol. The number of rotatable bonds is 10. The molecule has 3 aromatic rings. The number of fused-ring (bicyclic) bond motifs is 1. The average Bonchev–Trinajstić information content (AvgIpc) is 3.17. The van der Waals surface area contributed by atoms with Gasteiger partial charge in [-0.25, -0.2) is 4.39 Å². The van der Waals surface area contributed by atoms with Crippen LogP contribution in [0.5, 0.6) is 5.75 Å². The number of aliphatic carboxylic acids is 1. The van der Waals surface area contributed by atoms with Crippen LogP contribution in [0.4, 0.5) is 4.39 Å². The molecule has 0 bridgehead atoms. The van der Waals surface area contributed by atoms with Crippen LogP contribution in [-0.2, 0) is 35.4 Å². The predicted octanol–water partition coefficient (Wildman–Crippen LogP) is 5.93. The summed E-state index contributed by atoms with van der Waals surface area (Å²) < 4.78 is 19.9. The number of aryl methyl sites for hydroxylation is 1. The van der Waals surface area contributed by atoms with Gasteiger partial charge in [0.15, 0.2) is 0 Å². The van der Waals surface area contributed by atoms with Gasteiger partial charge in [0.05, 0.1) is 0 Å². The van der Waals surface area contributed by atoms with E-state index >= 15 is 0 Å². The number of amides is 1. The molecule has 1 aliphatic heterocycles. The molecule has 0 aliphatic carbocycles. The van der Waals surface area contributed by atoms with Crippen LogP contribution in [0.15, 0.2) is 66.7 Å². The predicted molar refractivity (Wildman–Crippen MR) is 141 cm³/mol. The van der Waals surface area contributed by atoms with E-state index in [0.29, 0.717) is 17.9 Å². The first kappa shape index (κ1) is 26.4. The third-order valence-electron chi connectivity index (χ3n) is 6.84. The third kappa shape index (κ3) is 6.97. The highest BCUT2D eigenvalue weighted by molar-refractivity contribution is 5.81. The number of benzene rings is 3. The van der Waals surface area contributed by atoms with Crippen molar-refractivity contribution in [2.75, 3.05) is 6.54 Å². The van der Waals surface area contributed by atoms with Crippen LogP contribution in [0.2, 0.25) is 0 Å². The van der Waals surface area contributed by atoms with Gasteiger partial charge < -0.3 is 14.7 Å². The Labute approximate surface area is 217 Å². The number of carboxylic acid groups (broad SMARTS) is 1. The number of carbonyl (C=O) groups excluding carboxylic acids is 1. The summed E-state index contributed by atoms with van der Waals surface area (Å²) in [6.07, 6.45) is 2.24. The molecule has 0 radical (unpaired) electrons. The van der Waals surface area contributed by atoms with Crippen molar-refractivity contribution in [1.82, 2.24) is 4.90 Å². The summed E-state index contributed by atoms with van der Waals surface area (Å²) in [5, 5.41) is 9.27. The highest BCUT2D eigenvalue weighted by Crippen LogP contribution is 2.37. The second-order valence-electron chi connectivity index (χ2n) is 10.5. The number of hydrogen-bond acceptors (Lipinski definition) is 3. The Morgan fingerprint density at radius 2 is 1.76 bits per heavy atom. The highest BCUT2D eigenvalue weighted by Gasteiger charge is 2.35. The zero-order valence-corrected chi connectivity index (χ0v) is 21.7. The van der Waals surface area contributed by atoms with Crippen molar-refractivity contribution in [3.63, 3.8) is 0 Å². The van der Waals surface area contributed by atoms with E-state index in [9.17, 15) is 19.1 Å². The van der Waals surface area contributed by atoms with E-state index < -0.39 is 18.3 Å². The van der Waals surface area contributed by atoms with Crippen LogP contribution in [0, 0.1) is 5.82 Å². The number of hydrogen-bond donors (Lipinski definition) is 1. The lowest BCUT2D eigenvalue weighted by molar-refractivity contribution is -0.144. The minimum absolute atomic E-state index is 0.0530. The Bertz CT molecular complexity index is 1270. The lowest BCUT2D eigenvalue weighted by Crippen LogP contribution is -2.35. The minimum Gasteiger partial charge on any atom is -0.487 e. The third-order valence-corrected chi connectivity index (χ3v) is 6.84. The summed E-state index contributed by atoms with van der Waals surface area (Å²) in [4.78, 5) is 25.5. The van der Waals surface area contributed by atoms with E-state index in [1.165, 1.54) is 28.2 Å². The van der Waals surface area contributed by atoms with Gasteiger partial charge in [0.1, 0.15) is 23.7 Å². The quantitative estimate of drug-likeness (QED) is 0.372. The number of carbonyl (C=O) groups is 2. The summed E-state index contributed by atoms with van der Waals surface area (Å²) in [6, 6.07) is 20.6. The van der Waals surface area contributed by atoms with Crippen molar-refractivity contribution in [1.29, 1.82) is 0 Å². The van der Waals surface area contributed by atoms with Gasteiger partial charge >= 0.3 is 5.97 Å². The largest absolute Gasteiger partial charge is 0.487 e. The molecule has 1 amide bonds. The molecule has 37 heavy (non-hydrogen) atoms. The van der Waals surface area contributed by atoms with Gasteiger partial charge in [-0.15, -0.1) is 0 Å². The standard InChI is InChI=1S/C31H34FNO4/c1-21(2)25-11-7-23(8-12-25)17-31(3)18-26-15-22(9-13-28(26)37-31)10-14-29(34)33(20-30(35)36)19-24-5-4-6-27(32)16-24/h4-9,11-13,15-16,21H,10,14,17-20H2,1-3H3,(H,35,36)/t31-/m1/s1. The van der Waals surface area contributed by atoms with E-state index in [4.69, 9.17) is 4.74 Å². The fourth-order valence-electron chi connectivity index (χ4n) is 4.94. The fourth-order valence-corrected chi connectivity index (χ4v) is 4.94. The maximum Gasteiger partial charge on any atom is 0.323 e. The molecular formula is C31H34FNO4. The Balaban J connectivity index is 1.38. The molecule has 5 nitrogen and oxygen atoms in total. The maximum absolute atomic E-state index is 13.6. The summed E-state index contributed by atoms with van der Waals surface area (Å²) in [6.45, 7) is 6.13. The molecule has 6 heteroatoms. The second kappa shape index (κ2) is 11.2. The molecule has 194 valence electrons. The highest BCUT2D eigenvalue weighted by atomic mass is 19.1. The molecule has 0 fully saturated rings. The van der Waals surface area contributed by atoms with Gasteiger partial charge in [0.2, 0.25) is 5.91 Å². The Morgan fingerprint density at radius 1 is 1.03 bits per heavy atom. The molecule has 3 aromatic carbocycles. The molecule has 0 aromatic heterocycles. The summed E-state index contributed by atoms with van der Waals surface area (Å²) in [5.74, 6) is -0.426. The molecule has 4 rings (SSSR count). The maximum atomic E-state index is 13.6. The molecule has 0 unspecified atom stereocenters. The van der Waals surface area contributed by atoms with E-state index in [2.05, 4.69) is 51.1 Å². The summed E-state index contributed by atoms with van der Waals surface area (Å²) in [5.41, 5.74) is 4.90. The first-order valence-electron chi connectivity index (χ1n) is 12.7. The zero-order valence-electron chi connectivity index (χ0n) is 21.7. The van der Waals surface area contributed by atoms with Crippen LogP contribution in [-0.4, -0.2) is 34.0 Å². The van der Waals surface area contributed by atoms with Crippen LogP contribution in [0.1, 0.15) is 60.9 Å². The molecule has 1 atom stereocenters. The first-order valence-corrected chi connectivity index (χ1v) is 12.7. The van der Waals surface area contributed by atoms with Crippen molar-refractivity contribution in [3.05, 3.63) is 100 Å². The molecule has 0 spiro atoms. The zero-order chi connectivity index (χ0) is 26.6. The lowest BCUT2D eigenvalue weighted by Gasteiger charge is -2.24. The molecule has 0 saturated carbocycles. The minimum atomic E-state index is -1.10. The van der Waals surface area contributed by atoms with E-state index in [0.717, 1.165) is 29.7 Å². The van der Waals surface area contributed by atoms with Crippen molar-refractivity contribution >= 4 is 11.9 Å². The van der Waals surface area contributed by atoms with Gasteiger partial charge in [-0.1, -0.05) is 62.4 Å². The van der Waals surface area contributed by atoms with Crippen molar-refractivity contribution in [3.8, 4) is 5.75 Å². The normalized spacial score (nSPS) is 16.4. The lowest BCUT2D eigenvalue weighted by atomic mass is 9.90. The molecular weight excluding hydrogens is 469 g/mol. The number of nitrogens with zero attached hydrogens (tertiary/aromatic N) is 1. The first-order chi connectivity index (χ1) is 17.6. The van der Waals surface area contributed by atoms with Gasteiger partial charge in [-0.3, -0.25) is 9.59 Å². The van der Waals surface area contributed by atoms with E-state index in [1.54, 1.807) is 12.1 Å². The molecule has 0 saturated heterocycles. The molecule has 1 heterocycles. The Kier molecular flexibility index (Phi) is 7.96. The summed E-state index contributed by atoms with van der Waals surface area (Å²) in [7, 11) is 0. The van der Waals surface area contributed by atoms with Crippen LogP contribution < -0.4 is 4.74 Å². The van der Waals surface area contributed by atoms with Gasteiger partial charge in [-0.2, -0.15) is 0 Å². The number of halogens is 1. The van der Waals surface area contributed by atoms with Gasteiger partial charge in [-0.05, 0) is 65.3 Å². The van der Waals surface area contributed by atoms with Crippen molar-refractivity contribution < 1.29 is 23.8 Å². The monoisotopic (exact) mass is 503 g/mol. The molecule has 1 N–H and O–H groups in total. The smallest absolute Gasteiger partial charge is 0.323 e. The topological polar surface area (TPSA) is 66.8 Å². The van der Waals surface area contributed by atoms with Crippen LogP contribution in [0.3, 0.4) is 0 Å². The fraction of sp³-hybridized carbons (Fsp3) is 0.355. The van der Waals surface area contributed by atoms with Crippen LogP contribution in [0.25, 0.3) is 0 Å². The van der Waals surface area contributed by atoms with Crippen LogP contribution >= 0.6 is 0 Å². The molecule has 1 aliphatic rings. The van der Waals surface area contributed by atoms with Gasteiger partial charge in [0, 0.05) is 25.8 Å².